The summed E-state index contributed by atoms with van der Waals surface area (Å²) in [6.07, 6.45) is 7.49. The highest BCUT2D eigenvalue weighted by Crippen LogP contribution is 2.32. The molecule has 0 aromatic carbocycles. The zero-order valence-electron chi connectivity index (χ0n) is 11.5. The van der Waals surface area contributed by atoms with Gasteiger partial charge in [-0.15, -0.1) is 0 Å². The van der Waals surface area contributed by atoms with E-state index in [1.165, 1.54) is 18.9 Å². The van der Waals surface area contributed by atoms with Gasteiger partial charge in [-0.05, 0) is 44.2 Å². The van der Waals surface area contributed by atoms with Crippen LogP contribution in [0.15, 0.2) is 18.3 Å². The number of anilines is 1. The van der Waals surface area contributed by atoms with Crippen molar-refractivity contribution in [3.05, 3.63) is 24.1 Å². The normalized spacial score (nSPS) is 29.5. The van der Waals surface area contributed by atoms with Crippen molar-refractivity contribution in [2.75, 3.05) is 11.4 Å². The van der Waals surface area contributed by atoms with Gasteiger partial charge >= 0.3 is 0 Å². The second-order valence-corrected chi connectivity index (χ2v) is 5.77. The van der Waals surface area contributed by atoms with Crippen LogP contribution in [-0.2, 0) is 0 Å². The number of pyridine rings is 1. The second-order valence-electron chi connectivity index (χ2n) is 5.77. The molecule has 3 nitrogen and oxygen atoms in total. The molecule has 0 amide bonds. The molecule has 0 saturated carbocycles. The van der Waals surface area contributed by atoms with Crippen molar-refractivity contribution in [2.45, 2.75) is 57.2 Å². The lowest BCUT2D eigenvalue weighted by Crippen LogP contribution is -2.49. The predicted molar refractivity (Wildman–Crippen MR) is 74.8 cm³/mol. The van der Waals surface area contributed by atoms with Gasteiger partial charge in [0.05, 0.1) is 0 Å². The minimum Gasteiger partial charge on any atom is -0.351 e. The van der Waals surface area contributed by atoms with Gasteiger partial charge in [0.2, 0.25) is 0 Å². The third-order valence-corrected chi connectivity index (χ3v) is 4.36. The Morgan fingerprint density at radius 1 is 1.37 bits per heavy atom. The molecule has 1 aromatic heterocycles. The van der Waals surface area contributed by atoms with Gasteiger partial charge in [-0.1, -0.05) is 6.92 Å². The van der Waals surface area contributed by atoms with Gasteiger partial charge in [-0.2, -0.15) is 0 Å². The van der Waals surface area contributed by atoms with E-state index in [0.29, 0.717) is 23.9 Å². The third kappa shape index (κ3) is 2.59. The number of fused-ring (bicyclic) bond motifs is 2. The smallest absolute Gasteiger partial charge is 0.165 e. The van der Waals surface area contributed by atoms with Crippen molar-refractivity contribution in [1.29, 1.82) is 0 Å². The van der Waals surface area contributed by atoms with Crippen LogP contribution in [0.1, 0.15) is 39.0 Å². The molecule has 2 fully saturated rings. The molecule has 3 rings (SSSR count). The first-order valence-corrected chi connectivity index (χ1v) is 7.41. The van der Waals surface area contributed by atoms with Crippen molar-refractivity contribution >= 4 is 5.82 Å². The Kier molecular flexibility index (Phi) is 3.69. The average molecular weight is 263 g/mol. The Hall–Kier alpha value is -1.16. The number of aromatic nitrogens is 1. The third-order valence-electron chi connectivity index (χ3n) is 4.36. The molecule has 2 saturated heterocycles. The van der Waals surface area contributed by atoms with Gasteiger partial charge in [0.15, 0.2) is 11.6 Å². The predicted octanol–water partition coefficient (Wildman–Crippen LogP) is 2.72. The number of piperidine rings is 1. The standard InChI is InChI=1S/C15H22FN3/c1-2-8-19(15-14(16)4-3-7-17-15)13-9-11-5-6-12(10-13)18-11/h3-4,7,11-13,18H,2,5-6,8-10H2,1H3. The summed E-state index contributed by atoms with van der Waals surface area (Å²) >= 11 is 0. The van der Waals surface area contributed by atoms with Crippen molar-refractivity contribution in [3.8, 4) is 0 Å². The molecule has 3 heterocycles. The number of hydrogen-bond donors (Lipinski definition) is 1. The summed E-state index contributed by atoms with van der Waals surface area (Å²) < 4.78 is 14.0. The number of nitrogens with one attached hydrogen (secondary N) is 1. The number of hydrogen-bond acceptors (Lipinski definition) is 3. The van der Waals surface area contributed by atoms with E-state index in [4.69, 9.17) is 0 Å². The quantitative estimate of drug-likeness (QED) is 0.905. The molecule has 2 bridgehead atoms. The van der Waals surface area contributed by atoms with Gasteiger partial charge in [-0.25, -0.2) is 9.37 Å². The minimum absolute atomic E-state index is 0.193. The average Bonchev–Trinajstić information content (AvgIpc) is 2.76. The van der Waals surface area contributed by atoms with Crippen LogP contribution in [-0.4, -0.2) is 29.7 Å². The molecule has 2 aliphatic heterocycles. The Labute approximate surface area is 114 Å². The van der Waals surface area contributed by atoms with Crippen LogP contribution in [0.4, 0.5) is 10.2 Å². The summed E-state index contributed by atoms with van der Waals surface area (Å²) in [6.45, 7) is 3.03. The fourth-order valence-electron chi connectivity index (χ4n) is 3.57. The van der Waals surface area contributed by atoms with E-state index < -0.39 is 0 Å². The maximum absolute atomic E-state index is 14.0. The van der Waals surface area contributed by atoms with E-state index in [-0.39, 0.29) is 5.82 Å². The minimum atomic E-state index is -0.193. The molecule has 1 aromatic rings. The first kappa shape index (κ1) is 12.9. The van der Waals surface area contributed by atoms with Crippen LogP contribution in [0.25, 0.3) is 0 Å². The van der Waals surface area contributed by atoms with E-state index in [2.05, 4.69) is 22.1 Å². The molecule has 0 radical (unpaired) electrons. The first-order valence-electron chi connectivity index (χ1n) is 7.41. The lowest BCUT2D eigenvalue weighted by molar-refractivity contribution is 0.343. The highest BCUT2D eigenvalue weighted by molar-refractivity contribution is 5.41. The molecule has 2 aliphatic rings. The molecular weight excluding hydrogens is 241 g/mol. The van der Waals surface area contributed by atoms with Crippen LogP contribution in [0.2, 0.25) is 0 Å². The van der Waals surface area contributed by atoms with E-state index >= 15 is 0 Å². The van der Waals surface area contributed by atoms with Crippen molar-refractivity contribution in [2.24, 2.45) is 0 Å². The van der Waals surface area contributed by atoms with E-state index in [0.717, 1.165) is 25.8 Å². The maximum atomic E-state index is 14.0. The fourth-order valence-corrected chi connectivity index (χ4v) is 3.57. The van der Waals surface area contributed by atoms with Gasteiger partial charge in [0.25, 0.3) is 0 Å². The number of halogens is 1. The molecule has 2 unspecified atom stereocenters. The first-order chi connectivity index (χ1) is 9.28. The van der Waals surface area contributed by atoms with Crippen LogP contribution in [0.5, 0.6) is 0 Å². The Morgan fingerprint density at radius 3 is 2.74 bits per heavy atom. The lowest BCUT2D eigenvalue weighted by Gasteiger charge is -2.38. The second kappa shape index (κ2) is 5.45. The Bertz CT molecular complexity index is 425. The van der Waals surface area contributed by atoms with Crippen LogP contribution >= 0.6 is 0 Å². The molecule has 4 heteroatoms. The molecule has 0 aliphatic carbocycles. The summed E-state index contributed by atoms with van der Waals surface area (Å²) in [5.41, 5.74) is 0. The molecule has 104 valence electrons. The Morgan fingerprint density at radius 2 is 2.11 bits per heavy atom. The van der Waals surface area contributed by atoms with E-state index in [1.807, 2.05) is 0 Å². The molecule has 1 N–H and O–H groups in total. The summed E-state index contributed by atoms with van der Waals surface area (Å²) in [5.74, 6) is 0.345. The Balaban J connectivity index is 1.83. The molecule has 0 spiro atoms. The summed E-state index contributed by atoms with van der Waals surface area (Å²) in [5, 5.41) is 3.64. The highest BCUT2D eigenvalue weighted by Gasteiger charge is 2.36. The van der Waals surface area contributed by atoms with Gasteiger partial charge < -0.3 is 10.2 Å². The largest absolute Gasteiger partial charge is 0.351 e. The van der Waals surface area contributed by atoms with E-state index in [9.17, 15) is 4.39 Å². The van der Waals surface area contributed by atoms with Crippen molar-refractivity contribution < 1.29 is 4.39 Å². The zero-order chi connectivity index (χ0) is 13.2. The monoisotopic (exact) mass is 263 g/mol. The summed E-state index contributed by atoms with van der Waals surface area (Å²) in [6, 6.07) is 4.85. The van der Waals surface area contributed by atoms with Gasteiger partial charge in [0.1, 0.15) is 0 Å². The van der Waals surface area contributed by atoms with Crippen LogP contribution in [0.3, 0.4) is 0 Å². The highest BCUT2D eigenvalue weighted by atomic mass is 19.1. The van der Waals surface area contributed by atoms with Gasteiger partial charge in [-0.3, -0.25) is 0 Å². The zero-order valence-corrected chi connectivity index (χ0v) is 11.5. The molecule has 19 heavy (non-hydrogen) atoms. The fraction of sp³-hybridized carbons (Fsp3) is 0.667. The van der Waals surface area contributed by atoms with Crippen molar-refractivity contribution in [1.82, 2.24) is 10.3 Å². The van der Waals surface area contributed by atoms with E-state index in [1.54, 1.807) is 12.3 Å². The lowest BCUT2D eigenvalue weighted by atomic mass is 9.98. The molecular formula is C15H22FN3. The molecule has 2 atom stereocenters. The van der Waals surface area contributed by atoms with Gasteiger partial charge in [0, 0.05) is 30.9 Å². The van der Waals surface area contributed by atoms with Crippen molar-refractivity contribution in [3.63, 3.8) is 0 Å². The number of rotatable bonds is 4. The number of nitrogens with zero attached hydrogens (tertiary/aromatic N) is 2. The summed E-state index contributed by atoms with van der Waals surface area (Å²) in [4.78, 5) is 6.47. The van der Waals surface area contributed by atoms with Crippen LogP contribution in [0, 0.1) is 5.82 Å². The topological polar surface area (TPSA) is 28.2 Å². The van der Waals surface area contributed by atoms with Crippen LogP contribution < -0.4 is 10.2 Å². The maximum Gasteiger partial charge on any atom is 0.165 e. The SMILES string of the molecule is CCCN(c1ncccc1F)C1CC2CCC(C1)N2. The summed E-state index contributed by atoms with van der Waals surface area (Å²) in [7, 11) is 0.